The second-order valence-corrected chi connectivity index (χ2v) is 7.60. The van der Waals surface area contributed by atoms with Crippen LogP contribution in [-0.4, -0.2) is 28.0 Å². The summed E-state index contributed by atoms with van der Waals surface area (Å²) in [4.78, 5) is 34.8. The summed E-state index contributed by atoms with van der Waals surface area (Å²) in [6, 6.07) is 9.72. The number of nitrogens with one attached hydrogen (secondary N) is 1. The zero-order valence-electron chi connectivity index (χ0n) is 15.0. The molecule has 1 aromatic carbocycles. The van der Waals surface area contributed by atoms with Crippen molar-refractivity contribution < 1.29 is 9.53 Å². The lowest BCUT2D eigenvalue weighted by atomic mass is 10.1. The van der Waals surface area contributed by atoms with Crippen LogP contribution in [-0.2, 0) is 28.1 Å². The zero-order chi connectivity index (χ0) is 19.2. The van der Waals surface area contributed by atoms with E-state index in [0.29, 0.717) is 16.6 Å². The van der Waals surface area contributed by atoms with Gasteiger partial charge in [-0.3, -0.25) is 9.59 Å². The number of methoxy groups -OCH3 is 1. The molecule has 0 saturated heterocycles. The average Bonchev–Trinajstić information content (AvgIpc) is 3.15. The van der Waals surface area contributed by atoms with Crippen LogP contribution < -0.4 is 5.56 Å². The summed E-state index contributed by atoms with van der Waals surface area (Å²) in [5.41, 5.74) is 3.41. The summed E-state index contributed by atoms with van der Waals surface area (Å²) >= 11 is 2.97. The normalized spacial score (nSPS) is 10.7. The smallest absolute Gasteiger partial charge is 0.311 e. The number of hydrogen-bond donors (Lipinski definition) is 1. The topological polar surface area (TPSA) is 84.9 Å². The standard InChI is InChI=1S/C19H19N3O3S2/c1-3-12-4-6-13(7-5-12)18-20-15(10-26-18)11-27-19-21-14(8-16(23)22-19)9-17(24)25-2/h4-8,10H,3,9,11H2,1-2H3,(H,21,22,23). The summed E-state index contributed by atoms with van der Waals surface area (Å²) in [6.45, 7) is 2.13. The molecule has 3 aromatic rings. The number of thioether (sulfide) groups is 1. The number of benzene rings is 1. The molecule has 1 N–H and O–H groups in total. The molecule has 2 aromatic heterocycles. The highest BCUT2D eigenvalue weighted by Crippen LogP contribution is 2.27. The number of ether oxygens (including phenoxy) is 1. The molecule has 0 fully saturated rings. The number of hydrogen-bond acceptors (Lipinski definition) is 7. The summed E-state index contributed by atoms with van der Waals surface area (Å²) in [5, 5.41) is 3.43. The fraction of sp³-hybridized carbons (Fsp3) is 0.263. The van der Waals surface area contributed by atoms with E-state index in [4.69, 9.17) is 0 Å². The maximum Gasteiger partial charge on any atom is 0.311 e. The Hall–Kier alpha value is -2.45. The second kappa shape index (κ2) is 8.96. The van der Waals surface area contributed by atoms with Gasteiger partial charge in [0.1, 0.15) is 5.01 Å². The number of carbonyl (C=O) groups excluding carboxylic acids is 1. The Labute approximate surface area is 165 Å². The van der Waals surface area contributed by atoms with Gasteiger partial charge in [0.05, 0.1) is 24.9 Å². The molecule has 0 aliphatic carbocycles. The quantitative estimate of drug-likeness (QED) is 0.371. The van der Waals surface area contributed by atoms with Gasteiger partial charge in [-0.15, -0.1) is 11.3 Å². The van der Waals surface area contributed by atoms with Gasteiger partial charge < -0.3 is 9.72 Å². The second-order valence-electron chi connectivity index (χ2n) is 5.78. The number of esters is 1. The Morgan fingerprint density at radius 1 is 1.22 bits per heavy atom. The lowest BCUT2D eigenvalue weighted by Gasteiger charge is -2.03. The Kier molecular flexibility index (Phi) is 6.41. The van der Waals surface area contributed by atoms with Gasteiger partial charge in [0.25, 0.3) is 5.56 Å². The van der Waals surface area contributed by atoms with E-state index in [1.807, 2.05) is 5.38 Å². The summed E-state index contributed by atoms with van der Waals surface area (Å²) in [5.74, 6) is 0.149. The van der Waals surface area contributed by atoms with Gasteiger partial charge in [-0.05, 0) is 12.0 Å². The molecule has 0 spiro atoms. The van der Waals surface area contributed by atoms with Crippen molar-refractivity contribution in [2.45, 2.75) is 30.7 Å². The molecule has 0 unspecified atom stereocenters. The number of aromatic nitrogens is 3. The minimum Gasteiger partial charge on any atom is -0.469 e. The monoisotopic (exact) mass is 401 g/mol. The van der Waals surface area contributed by atoms with Crippen molar-refractivity contribution in [3.8, 4) is 10.6 Å². The van der Waals surface area contributed by atoms with E-state index < -0.39 is 5.97 Å². The van der Waals surface area contributed by atoms with E-state index in [2.05, 4.69) is 50.9 Å². The van der Waals surface area contributed by atoms with E-state index in [9.17, 15) is 9.59 Å². The first-order valence-electron chi connectivity index (χ1n) is 8.41. The van der Waals surface area contributed by atoms with E-state index in [1.54, 1.807) is 11.3 Å². The minimum absolute atomic E-state index is 0.0252. The molecule has 6 nitrogen and oxygen atoms in total. The Balaban J connectivity index is 1.67. The van der Waals surface area contributed by atoms with Gasteiger partial charge in [0.2, 0.25) is 0 Å². The maximum atomic E-state index is 11.8. The maximum absolute atomic E-state index is 11.8. The van der Waals surface area contributed by atoms with Crippen molar-refractivity contribution >= 4 is 29.1 Å². The van der Waals surface area contributed by atoms with E-state index in [0.717, 1.165) is 22.7 Å². The highest BCUT2D eigenvalue weighted by Gasteiger charge is 2.10. The molecule has 140 valence electrons. The van der Waals surface area contributed by atoms with Crippen molar-refractivity contribution in [3.05, 3.63) is 63.0 Å². The van der Waals surface area contributed by atoms with Crippen molar-refractivity contribution in [2.24, 2.45) is 0 Å². The molecular weight excluding hydrogens is 382 g/mol. The van der Waals surface area contributed by atoms with Crippen LogP contribution in [0.3, 0.4) is 0 Å². The predicted octanol–water partition coefficient (Wildman–Crippen LogP) is 3.46. The number of aryl methyl sites for hydroxylation is 1. The van der Waals surface area contributed by atoms with Crippen molar-refractivity contribution in [2.75, 3.05) is 7.11 Å². The van der Waals surface area contributed by atoms with E-state index in [-0.39, 0.29) is 12.0 Å². The first-order chi connectivity index (χ1) is 13.1. The molecule has 0 amide bonds. The largest absolute Gasteiger partial charge is 0.469 e. The van der Waals surface area contributed by atoms with E-state index in [1.165, 1.54) is 30.5 Å². The van der Waals surface area contributed by atoms with Crippen molar-refractivity contribution in [1.82, 2.24) is 15.0 Å². The van der Waals surface area contributed by atoms with Gasteiger partial charge in [-0.1, -0.05) is 43.0 Å². The molecule has 0 aliphatic heterocycles. The Morgan fingerprint density at radius 3 is 2.70 bits per heavy atom. The zero-order valence-corrected chi connectivity index (χ0v) is 16.7. The molecule has 0 saturated carbocycles. The first kappa shape index (κ1) is 19.3. The lowest BCUT2D eigenvalue weighted by molar-refractivity contribution is -0.139. The lowest BCUT2D eigenvalue weighted by Crippen LogP contribution is -2.13. The van der Waals surface area contributed by atoms with Gasteiger partial charge in [0.15, 0.2) is 5.16 Å². The summed E-state index contributed by atoms with van der Waals surface area (Å²) in [7, 11) is 1.31. The number of nitrogens with zero attached hydrogens (tertiary/aromatic N) is 2. The van der Waals surface area contributed by atoms with Crippen LogP contribution in [0, 0.1) is 0 Å². The number of aromatic amines is 1. The molecule has 0 atom stereocenters. The van der Waals surface area contributed by atoms with Crippen LogP contribution >= 0.6 is 23.1 Å². The highest BCUT2D eigenvalue weighted by molar-refractivity contribution is 7.98. The number of rotatable bonds is 7. The van der Waals surface area contributed by atoms with Gasteiger partial charge in [0, 0.05) is 22.8 Å². The van der Waals surface area contributed by atoms with Crippen LogP contribution in [0.25, 0.3) is 10.6 Å². The van der Waals surface area contributed by atoms with Crippen molar-refractivity contribution in [1.29, 1.82) is 0 Å². The molecule has 27 heavy (non-hydrogen) atoms. The molecule has 0 aliphatic rings. The minimum atomic E-state index is -0.428. The predicted molar refractivity (Wildman–Crippen MR) is 107 cm³/mol. The first-order valence-corrected chi connectivity index (χ1v) is 10.3. The van der Waals surface area contributed by atoms with Crippen LogP contribution in [0.4, 0.5) is 0 Å². The molecule has 0 bridgehead atoms. The van der Waals surface area contributed by atoms with Crippen molar-refractivity contribution in [3.63, 3.8) is 0 Å². The van der Waals surface area contributed by atoms with Crippen LogP contribution in [0.1, 0.15) is 23.9 Å². The number of H-pyrrole nitrogens is 1. The Morgan fingerprint density at radius 2 is 2.00 bits per heavy atom. The Bertz CT molecular complexity index is 980. The van der Waals surface area contributed by atoms with E-state index >= 15 is 0 Å². The average molecular weight is 402 g/mol. The SMILES string of the molecule is CCc1ccc(-c2nc(CSc3nc(CC(=O)OC)cc(=O)[nH]3)cs2)cc1. The molecule has 8 heteroatoms. The molecule has 0 radical (unpaired) electrons. The number of thiazole rings is 1. The number of carbonyl (C=O) groups is 1. The third-order valence-corrected chi connectivity index (χ3v) is 5.69. The molecule has 3 rings (SSSR count). The highest BCUT2D eigenvalue weighted by atomic mass is 32.2. The van der Waals surface area contributed by atoms with Crippen LogP contribution in [0.2, 0.25) is 0 Å². The van der Waals surface area contributed by atoms with Crippen LogP contribution in [0.5, 0.6) is 0 Å². The van der Waals surface area contributed by atoms with Gasteiger partial charge >= 0.3 is 5.97 Å². The fourth-order valence-electron chi connectivity index (χ4n) is 2.39. The summed E-state index contributed by atoms with van der Waals surface area (Å²) in [6.07, 6.45) is 0.989. The van der Waals surface area contributed by atoms with Gasteiger partial charge in [-0.2, -0.15) is 0 Å². The third-order valence-electron chi connectivity index (χ3n) is 3.84. The molecule has 2 heterocycles. The molecular formula is C19H19N3O3S2. The summed E-state index contributed by atoms with van der Waals surface area (Å²) < 4.78 is 4.62. The third kappa shape index (κ3) is 5.27. The van der Waals surface area contributed by atoms with Crippen LogP contribution in [0.15, 0.2) is 45.7 Å². The van der Waals surface area contributed by atoms with Gasteiger partial charge in [-0.25, -0.2) is 9.97 Å². The fourth-order valence-corrected chi connectivity index (χ4v) is 4.11.